The molecule has 0 saturated heterocycles. The molecular weight excluding hydrogens is 368 g/mol. The van der Waals surface area contributed by atoms with Crippen LogP contribution in [0, 0.1) is 5.82 Å². The molecule has 0 saturated carbocycles. The molecule has 0 aliphatic rings. The number of nitrogens with one attached hydrogen (secondary N) is 1. The Balaban J connectivity index is 1.84. The topological polar surface area (TPSA) is 21.3 Å². The largest absolute Gasteiger partial charge is 0.490 e. The number of hydrogen-bond donors (Lipinski definition) is 1. The molecule has 0 unspecified atom stereocenters. The van der Waals surface area contributed by atoms with E-state index in [-0.39, 0.29) is 5.82 Å². The molecule has 0 aliphatic heterocycles. The van der Waals surface area contributed by atoms with Gasteiger partial charge in [0.25, 0.3) is 0 Å². The molecule has 0 radical (unpaired) electrons. The van der Waals surface area contributed by atoms with Crippen molar-refractivity contribution < 1.29 is 9.13 Å². The number of rotatable bonds is 5. The molecule has 0 spiro atoms. The van der Waals surface area contributed by atoms with Crippen LogP contribution in [-0.4, -0.2) is 13.2 Å². The SMILES string of the molecule is Fc1ccc(NCCOc2cc(Cl)c(Br)cc2Cl)cc1. The van der Waals surface area contributed by atoms with Crippen LogP contribution in [0.25, 0.3) is 0 Å². The average Bonchev–Trinajstić information content (AvgIpc) is 2.42. The minimum absolute atomic E-state index is 0.261. The number of hydrogen-bond acceptors (Lipinski definition) is 2. The first-order chi connectivity index (χ1) is 9.56. The van der Waals surface area contributed by atoms with Crippen LogP contribution in [0.5, 0.6) is 5.75 Å². The molecule has 0 aromatic heterocycles. The fourth-order valence-corrected chi connectivity index (χ4v) is 2.39. The molecule has 6 heteroatoms. The molecule has 0 atom stereocenters. The molecule has 0 heterocycles. The van der Waals surface area contributed by atoms with Crippen LogP contribution in [0.1, 0.15) is 0 Å². The van der Waals surface area contributed by atoms with E-state index in [1.54, 1.807) is 24.3 Å². The highest BCUT2D eigenvalue weighted by Crippen LogP contribution is 2.33. The minimum Gasteiger partial charge on any atom is -0.490 e. The average molecular weight is 379 g/mol. The van der Waals surface area contributed by atoms with Gasteiger partial charge in [0.05, 0.1) is 10.0 Å². The zero-order valence-corrected chi connectivity index (χ0v) is 13.4. The maximum atomic E-state index is 12.7. The van der Waals surface area contributed by atoms with E-state index in [2.05, 4.69) is 21.2 Å². The van der Waals surface area contributed by atoms with E-state index in [0.717, 1.165) is 10.2 Å². The Kier molecular flexibility index (Phi) is 5.52. The van der Waals surface area contributed by atoms with Gasteiger partial charge in [-0.2, -0.15) is 0 Å². The molecule has 2 aromatic rings. The lowest BCUT2D eigenvalue weighted by molar-refractivity contribution is 0.333. The monoisotopic (exact) mass is 377 g/mol. The van der Waals surface area contributed by atoms with Crippen molar-refractivity contribution >= 4 is 44.8 Å². The smallest absolute Gasteiger partial charge is 0.139 e. The van der Waals surface area contributed by atoms with Gasteiger partial charge in [0, 0.05) is 22.8 Å². The third kappa shape index (κ3) is 4.27. The Morgan fingerprint density at radius 3 is 2.50 bits per heavy atom. The molecule has 2 aromatic carbocycles. The number of ether oxygens (including phenoxy) is 1. The van der Waals surface area contributed by atoms with Gasteiger partial charge in [-0.15, -0.1) is 0 Å². The van der Waals surface area contributed by atoms with E-state index in [4.69, 9.17) is 27.9 Å². The Labute approximate surface area is 135 Å². The quantitative estimate of drug-likeness (QED) is 0.556. The Morgan fingerprint density at radius 2 is 1.80 bits per heavy atom. The van der Waals surface area contributed by atoms with Gasteiger partial charge in [-0.3, -0.25) is 0 Å². The van der Waals surface area contributed by atoms with Crippen molar-refractivity contribution in [3.05, 3.63) is 56.7 Å². The first-order valence-electron chi connectivity index (χ1n) is 5.83. The van der Waals surface area contributed by atoms with Crippen LogP contribution in [-0.2, 0) is 0 Å². The van der Waals surface area contributed by atoms with Gasteiger partial charge >= 0.3 is 0 Å². The molecule has 0 amide bonds. The summed E-state index contributed by atoms with van der Waals surface area (Å²) in [7, 11) is 0. The van der Waals surface area contributed by atoms with Crippen molar-refractivity contribution in [1.82, 2.24) is 0 Å². The predicted octanol–water partition coefficient (Wildman–Crippen LogP) is 5.39. The highest BCUT2D eigenvalue weighted by atomic mass is 79.9. The zero-order valence-electron chi connectivity index (χ0n) is 10.3. The first kappa shape index (κ1) is 15.4. The third-order valence-electron chi connectivity index (χ3n) is 2.51. The van der Waals surface area contributed by atoms with Crippen LogP contribution in [0.4, 0.5) is 10.1 Å². The minimum atomic E-state index is -0.261. The van der Waals surface area contributed by atoms with E-state index in [1.807, 2.05) is 0 Å². The van der Waals surface area contributed by atoms with Crippen molar-refractivity contribution in [2.24, 2.45) is 0 Å². The van der Waals surface area contributed by atoms with Crippen molar-refractivity contribution in [2.75, 3.05) is 18.5 Å². The molecule has 20 heavy (non-hydrogen) atoms. The van der Waals surface area contributed by atoms with Crippen LogP contribution >= 0.6 is 39.1 Å². The van der Waals surface area contributed by atoms with Gasteiger partial charge in [-0.05, 0) is 46.3 Å². The summed E-state index contributed by atoms with van der Waals surface area (Å²) < 4.78 is 19.0. The summed E-state index contributed by atoms with van der Waals surface area (Å²) in [4.78, 5) is 0. The highest BCUT2D eigenvalue weighted by Gasteiger charge is 2.06. The normalized spacial score (nSPS) is 10.4. The molecule has 2 rings (SSSR count). The Bertz CT molecular complexity index is 592. The van der Waals surface area contributed by atoms with E-state index in [1.165, 1.54) is 12.1 Å². The summed E-state index contributed by atoms with van der Waals surface area (Å²) in [5.74, 6) is 0.267. The highest BCUT2D eigenvalue weighted by molar-refractivity contribution is 9.10. The third-order valence-corrected chi connectivity index (χ3v) is 4.00. The van der Waals surface area contributed by atoms with Crippen LogP contribution in [0.15, 0.2) is 40.9 Å². The van der Waals surface area contributed by atoms with E-state index in [9.17, 15) is 4.39 Å². The number of halogens is 4. The molecular formula is C14H11BrCl2FNO. The molecule has 0 fully saturated rings. The van der Waals surface area contributed by atoms with Gasteiger partial charge in [0.15, 0.2) is 0 Å². The summed E-state index contributed by atoms with van der Waals surface area (Å²) in [6, 6.07) is 9.47. The standard InChI is InChI=1S/C14H11BrCl2FNO/c15-11-7-13(17)14(8-12(11)16)20-6-5-19-10-3-1-9(18)2-4-10/h1-4,7-8,19H,5-6H2. The summed E-state index contributed by atoms with van der Waals surface area (Å²) in [6.07, 6.45) is 0. The van der Waals surface area contributed by atoms with Crippen molar-refractivity contribution in [3.8, 4) is 5.75 Å². The second-order valence-corrected chi connectivity index (χ2v) is 5.65. The van der Waals surface area contributed by atoms with Gasteiger partial charge in [-0.25, -0.2) is 4.39 Å². The lowest BCUT2D eigenvalue weighted by Gasteiger charge is -2.10. The van der Waals surface area contributed by atoms with Crippen molar-refractivity contribution in [3.63, 3.8) is 0 Å². The maximum absolute atomic E-state index is 12.7. The van der Waals surface area contributed by atoms with Crippen molar-refractivity contribution in [1.29, 1.82) is 0 Å². The van der Waals surface area contributed by atoms with E-state index >= 15 is 0 Å². The summed E-state index contributed by atoms with van der Waals surface area (Å²) in [5.41, 5.74) is 0.829. The maximum Gasteiger partial charge on any atom is 0.139 e. The van der Waals surface area contributed by atoms with E-state index < -0.39 is 0 Å². The molecule has 0 aliphatic carbocycles. The van der Waals surface area contributed by atoms with Crippen LogP contribution in [0.3, 0.4) is 0 Å². The van der Waals surface area contributed by atoms with Gasteiger partial charge in [0.1, 0.15) is 18.2 Å². The second-order valence-electron chi connectivity index (χ2n) is 3.98. The lowest BCUT2D eigenvalue weighted by atomic mass is 10.3. The summed E-state index contributed by atoms with van der Waals surface area (Å²) in [5, 5.41) is 4.14. The van der Waals surface area contributed by atoms with Crippen LogP contribution in [0.2, 0.25) is 10.0 Å². The van der Waals surface area contributed by atoms with Crippen LogP contribution < -0.4 is 10.1 Å². The number of anilines is 1. The molecule has 2 nitrogen and oxygen atoms in total. The second kappa shape index (κ2) is 7.16. The van der Waals surface area contributed by atoms with Gasteiger partial charge in [-0.1, -0.05) is 23.2 Å². The zero-order chi connectivity index (χ0) is 14.5. The Morgan fingerprint density at radius 1 is 1.10 bits per heavy atom. The predicted molar refractivity (Wildman–Crippen MR) is 84.5 cm³/mol. The fourth-order valence-electron chi connectivity index (χ4n) is 1.54. The Hall–Kier alpha value is -0.970. The van der Waals surface area contributed by atoms with Crippen molar-refractivity contribution in [2.45, 2.75) is 0 Å². The fraction of sp³-hybridized carbons (Fsp3) is 0.143. The molecule has 0 bridgehead atoms. The molecule has 106 valence electrons. The first-order valence-corrected chi connectivity index (χ1v) is 7.38. The van der Waals surface area contributed by atoms with Gasteiger partial charge in [0.2, 0.25) is 0 Å². The lowest BCUT2D eigenvalue weighted by Crippen LogP contribution is -2.11. The molecule has 1 N–H and O–H groups in total. The van der Waals surface area contributed by atoms with E-state index in [0.29, 0.717) is 28.9 Å². The summed E-state index contributed by atoms with van der Waals surface area (Å²) in [6.45, 7) is 0.977. The number of benzene rings is 2. The van der Waals surface area contributed by atoms with Gasteiger partial charge < -0.3 is 10.1 Å². The summed E-state index contributed by atoms with van der Waals surface area (Å²) >= 11 is 15.3.